The Bertz CT molecular complexity index is 965. The number of ketones is 1. The topological polar surface area (TPSA) is 67.2 Å². The van der Waals surface area contributed by atoms with Crippen molar-refractivity contribution in [3.63, 3.8) is 0 Å². The molecule has 6 nitrogen and oxygen atoms in total. The predicted octanol–water partition coefficient (Wildman–Crippen LogP) is 2.92. The number of nitrogens with zero attached hydrogens (tertiary/aromatic N) is 3. The fraction of sp³-hybridized carbons (Fsp3) is 0.227. The fourth-order valence-electron chi connectivity index (χ4n) is 3.13. The third-order valence-corrected chi connectivity index (χ3v) is 4.66. The van der Waals surface area contributed by atoms with Crippen LogP contribution in [0.25, 0.3) is 5.69 Å². The standard InChI is InChI=1S/C22H24N4O2/c1-16-20(17(2)26(24-16)19-12-8-5-9-13-19)21(27)22(28)23-14-15-25(3)18-10-6-4-7-11-18/h4-13H,14-15H2,1-3H3,(H,23,28). The number of aromatic nitrogens is 2. The summed E-state index contributed by atoms with van der Waals surface area (Å²) in [6.07, 6.45) is 0. The first-order valence-electron chi connectivity index (χ1n) is 9.19. The number of Topliss-reactive ketones (excluding diaryl/α,β-unsaturated/α-hetero) is 1. The van der Waals surface area contributed by atoms with E-state index in [1.54, 1.807) is 18.5 Å². The minimum Gasteiger partial charge on any atom is -0.373 e. The number of para-hydroxylation sites is 2. The highest BCUT2D eigenvalue weighted by Gasteiger charge is 2.24. The van der Waals surface area contributed by atoms with E-state index in [4.69, 9.17) is 0 Å². The third kappa shape index (κ3) is 4.11. The molecule has 1 aromatic heterocycles. The molecule has 0 fully saturated rings. The van der Waals surface area contributed by atoms with E-state index in [9.17, 15) is 9.59 Å². The number of aryl methyl sites for hydroxylation is 1. The quantitative estimate of drug-likeness (QED) is 0.509. The van der Waals surface area contributed by atoms with E-state index in [0.717, 1.165) is 11.4 Å². The molecule has 1 N–H and O–H groups in total. The molecule has 0 saturated heterocycles. The molecular formula is C22H24N4O2. The Kier molecular flexibility index (Phi) is 5.89. The molecule has 144 valence electrons. The summed E-state index contributed by atoms with van der Waals surface area (Å²) in [5.41, 5.74) is 3.47. The summed E-state index contributed by atoms with van der Waals surface area (Å²) in [4.78, 5) is 27.1. The van der Waals surface area contributed by atoms with Crippen molar-refractivity contribution >= 4 is 17.4 Å². The minimum absolute atomic E-state index is 0.359. The van der Waals surface area contributed by atoms with Gasteiger partial charge in [-0.2, -0.15) is 5.10 Å². The Balaban J connectivity index is 1.65. The van der Waals surface area contributed by atoms with Gasteiger partial charge in [-0.15, -0.1) is 0 Å². The van der Waals surface area contributed by atoms with Gasteiger partial charge in [-0.05, 0) is 38.1 Å². The predicted molar refractivity (Wildman–Crippen MR) is 110 cm³/mol. The summed E-state index contributed by atoms with van der Waals surface area (Å²) in [5, 5.41) is 7.16. The van der Waals surface area contributed by atoms with Crippen molar-refractivity contribution < 1.29 is 9.59 Å². The van der Waals surface area contributed by atoms with Gasteiger partial charge in [0.2, 0.25) is 0 Å². The second-order valence-electron chi connectivity index (χ2n) is 6.64. The van der Waals surface area contributed by atoms with E-state index in [-0.39, 0.29) is 0 Å². The van der Waals surface area contributed by atoms with E-state index < -0.39 is 11.7 Å². The maximum absolute atomic E-state index is 12.7. The molecule has 0 unspecified atom stereocenters. The number of nitrogens with one attached hydrogen (secondary N) is 1. The van der Waals surface area contributed by atoms with Gasteiger partial charge in [-0.1, -0.05) is 36.4 Å². The lowest BCUT2D eigenvalue weighted by molar-refractivity contribution is -0.116. The molecule has 0 aliphatic heterocycles. The monoisotopic (exact) mass is 376 g/mol. The van der Waals surface area contributed by atoms with Gasteiger partial charge in [0.05, 0.1) is 22.6 Å². The van der Waals surface area contributed by atoms with Crippen LogP contribution in [0.1, 0.15) is 21.7 Å². The van der Waals surface area contributed by atoms with E-state index in [1.165, 1.54) is 0 Å². The van der Waals surface area contributed by atoms with Gasteiger partial charge in [-0.25, -0.2) is 4.68 Å². The summed E-state index contributed by atoms with van der Waals surface area (Å²) in [5.74, 6) is -1.17. The van der Waals surface area contributed by atoms with Gasteiger partial charge >= 0.3 is 0 Å². The maximum atomic E-state index is 12.7. The molecule has 0 bridgehead atoms. The molecule has 0 spiro atoms. The first kappa shape index (κ1) is 19.4. The molecule has 1 amide bonds. The Morgan fingerprint density at radius 1 is 1.00 bits per heavy atom. The summed E-state index contributed by atoms with van der Waals surface area (Å²) >= 11 is 0. The molecule has 3 aromatic rings. The summed E-state index contributed by atoms with van der Waals surface area (Å²) < 4.78 is 1.69. The van der Waals surface area contributed by atoms with Crippen LogP contribution in [0.5, 0.6) is 0 Å². The van der Waals surface area contributed by atoms with Crippen molar-refractivity contribution in [1.82, 2.24) is 15.1 Å². The normalized spacial score (nSPS) is 10.5. The van der Waals surface area contributed by atoms with Crippen molar-refractivity contribution in [2.75, 3.05) is 25.0 Å². The second-order valence-corrected chi connectivity index (χ2v) is 6.64. The first-order valence-corrected chi connectivity index (χ1v) is 9.19. The van der Waals surface area contributed by atoms with E-state index in [1.807, 2.05) is 72.6 Å². The average molecular weight is 376 g/mol. The Labute approximate surface area is 164 Å². The van der Waals surface area contributed by atoms with Crippen LogP contribution in [0.4, 0.5) is 5.69 Å². The van der Waals surface area contributed by atoms with Crippen LogP contribution in [-0.4, -0.2) is 41.6 Å². The van der Waals surface area contributed by atoms with Crippen molar-refractivity contribution in [2.24, 2.45) is 0 Å². The van der Waals surface area contributed by atoms with Crippen molar-refractivity contribution in [2.45, 2.75) is 13.8 Å². The van der Waals surface area contributed by atoms with Crippen LogP contribution in [-0.2, 0) is 4.79 Å². The highest BCUT2D eigenvalue weighted by Crippen LogP contribution is 2.18. The Hall–Kier alpha value is -3.41. The number of hydrogen-bond acceptors (Lipinski definition) is 4. The van der Waals surface area contributed by atoms with E-state index >= 15 is 0 Å². The molecule has 1 heterocycles. The highest BCUT2D eigenvalue weighted by molar-refractivity contribution is 6.43. The van der Waals surface area contributed by atoms with Crippen molar-refractivity contribution in [1.29, 1.82) is 0 Å². The lowest BCUT2D eigenvalue weighted by atomic mass is 10.1. The number of amides is 1. The fourth-order valence-corrected chi connectivity index (χ4v) is 3.13. The molecule has 6 heteroatoms. The van der Waals surface area contributed by atoms with Crippen LogP contribution >= 0.6 is 0 Å². The molecule has 0 saturated carbocycles. The smallest absolute Gasteiger partial charge is 0.292 e. The maximum Gasteiger partial charge on any atom is 0.292 e. The van der Waals surface area contributed by atoms with E-state index in [0.29, 0.717) is 30.0 Å². The zero-order chi connectivity index (χ0) is 20.1. The number of anilines is 1. The zero-order valence-electron chi connectivity index (χ0n) is 16.3. The number of likely N-dealkylation sites (N-methyl/N-ethyl adjacent to an activating group) is 1. The molecule has 3 rings (SSSR count). The lowest BCUT2D eigenvalue weighted by Crippen LogP contribution is -2.37. The third-order valence-electron chi connectivity index (χ3n) is 4.66. The number of benzene rings is 2. The summed E-state index contributed by atoms with van der Waals surface area (Å²) in [6.45, 7) is 4.53. The molecular weight excluding hydrogens is 352 g/mol. The Morgan fingerprint density at radius 3 is 2.25 bits per heavy atom. The van der Waals surface area contributed by atoms with Gasteiger partial charge in [0.25, 0.3) is 11.7 Å². The number of carbonyl (C=O) groups excluding carboxylic acids is 2. The van der Waals surface area contributed by atoms with E-state index in [2.05, 4.69) is 10.4 Å². The number of carbonyl (C=O) groups is 2. The van der Waals surface area contributed by atoms with Crippen LogP contribution in [0.2, 0.25) is 0 Å². The van der Waals surface area contributed by atoms with Crippen LogP contribution in [0, 0.1) is 13.8 Å². The molecule has 0 aliphatic rings. The van der Waals surface area contributed by atoms with Crippen LogP contribution in [0.15, 0.2) is 60.7 Å². The molecule has 0 atom stereocenters. The van der Waals surface area contributed by atoms with Crippen LogP contribution < -0.4 is 10.2 Å². The average Bonchev–Trinajstić information content (AvgIpc) is 3.02. The molecule has 0 radical (unpaired) electrons. The van der Waals surface area contributed by atoms with Gasteiger partial charge in [0, 0.05) is 25.8 Å². The van der Waals surface area contributed by atoms with Gasteiger partial charge in [0.15, 0.2) is 0 Å². The SMILES string of the molecule is Cc1nn(-c2ccccc2)c(C)c1C(=O)C(=O)NCCN(C)c1ccccc1. The lowest BCUT2D eigenvalue weighted by Gasteiger charge is -2.19. The summed E-state index contributed by atoms with van der Waals surface area (Å²) in [6, 6.07) is 19.4. The number of hydrogen-bond donors (Lipinski definition) is 1. The number of rotatable bonds is 7. The van der Waals surface area contributed by atoms with Crippen LogP contribution in [0.3, 0.4) is 0 Å². The molecule has 0 aliphatic carbocycles. The van der Waals surface area contributed by atoms with Gasteiger partial charge in [-0.3, -0.25) is 9.59 Å². The Morgan fingerprint density at radius 2 is 1.61 bits per heavy atom. The molecule has 28 heavy (non-hydrogen) atoms. The zero-order valence-corrected chi connectivity index (χ0v) is 16.3. The second kappa shape index (κ2) is 8.52. The highest BCUT2D eigenvalue weighted by atomic mass is 16.2. The van der Waals surface area contributed by atoms with Gasteiger partial charge in [0.1, 0.15) is 0 Å². The van der Waals surface area contributed by atoms with Gasteiger partial charge < -0.3 is 10.2 Å². The minimum atomic E-state index is -0.611. The molecule has 2 aromatic carbocycles. The summed E-state index contributed by atoms with van der Waals surface area (Å²) in [7, 11) is 1.95. The van der Waals surface area contributed by atoms with Crippen molar-refractivity contribution in [3.05, 3.63) is 77.6 Å². The first-order chi connectivity index (χ1) is 13.5. The largest absolute Gasteiger partial charge is 0.373 e. The van der Waals surface area contributed by atoms with Crippen molar-refractivity contribution in [3.8, 4) is 5.69 Å².